The number of H-pyrrole nitrogens is 1. The Morgan fingerprint density at radius 3 is 3.00 bits per heavy atom. The highest BCUT2D eigenvalue weighted by molar-refractivity contribution is 7.98. The summed E-state index contributed by atoms with van der Waals surface area (Å²) in [4.78, 5) is 26.6. The summed E-state index contributed by atoms with van der Waals surface area (Å²) < 4.78 is 0. The molecule has 0 aliphatic heterocycles. The third-order valence-corrected chi connectivity index (χ3v) is 7.59. The SMILES string of the molecule is CSc1cc2[nH]ncc2cc1Nc1ncnc2sc3c(c12)CCC(C(=O)N(C)C)C3. The maximum absolute atomic E-state index is 12.5. The van der Waals surface area contributed by atoms with Gasteiger partial charge >= 0.3 is 0 Å². The van der Waals surface area contributed by atoms with Gasteiger partial charge in [-0.05, 0) is 43.2 Å². The van der Waals surface area contributed by atoms with Gasteiger partial charge in [-0.15, -0.1) is 23.1 Å². The van der Waals surface area contributed by atoms with Crippen LogP contribution in [0.15, 0.2) is 29.6 Å². The van der Waals surface area contributed by atoms with Crippen LogP contribution in [-0.4, -0.2) is 51.3 Å². The van der Waals surface area contributed by atoms with E-state index in [1.807, 2.05) is 20.3 Å². The molecule has 7 nitrogen and oxygen atoms in total. The minimum Gasteiger partial charge on any atom is -0.349 e. The number of aryl methyl sites for hydroxylation is 1. The van der Waals surface area contributed by atoms with Crippen LogP contribution in [0.3, 0.4) is 0 Å². The third-order valence-electron chi connectivity index (χ3n) is 5.65. The van der Waals surface area contributed by atoms with Crippen molar-refractivity contribution in [2.45, 2.75) is 24.2 Å². The molecule has 0 bridgehead atoms. The van der Waals surface area contributed by atoms with Crippen LogP contribution < -0.4 is 5.32 Å². The molecule has 3 aromatic heterocycles. The van der Waals surface area contributed by atoms with E-state index in [0.717, 1.165) is 56.8 Å². The van der Waals surface area contributed by atoms with Crippen LogP contribution in [0.25, 0.3) is 21.1 Å². The van der Waals surface area contributed by atoms with Crippen molar-refractivity contribution in [2.75, 3.05) is 25.7 Å². The van der Waals surface area contributed by atoms with E-state index in [-0.39, 0.29) is 11.8 Å². The molecule has 2 N–H and O–H groups in total. The summed E-state index contributed by atoms with van der Waals surface area (Å²) in [7, 11) is 3.66. The van der Waals surface area contributed by atoms with Gasteiger partial charge in [0, 0.05) is 35.2 Å². The van der Waals surface area contributed by atoms with Crippen LogP contribution in [0.2, 0.25) is 0 Å². The molecule has 1 aliphatic rings. The topological polar surface area (TPSA) is 86.8 Å². The molecule has 1 unspecified atom stereocenters. The summed E-state index contributed by atoms with van der Waals surface area (Å²) in [5, 5.41) is 12.9. The van der Waals surface area contributed by atoms with Crippen LogP contribution in [0, 0.1) is 5.92 Å². The fourth-order valence-electron chi connectivity index (χ4n) is 4.15. The quantitative estimate of drug-likeness (QED) is 0.464. The first-order valence-corrected chi connectivity index (χ1v) is 11.8. The second-order valence-corrected chi connectivity index (χ2v) is 9.65. The van der Waals surface area contributed by atoms with Crippen LogP contribution in [0.1, 0.15) is 16.9 Å². The molecule has 154 valence electrons. The molecule has 3 heterocycles. The molecule has 4 aromatic rings. The van der Waals surface area contributed by atoms with Gasteiger partial charge in [-0.25, -0.2) is 9.97 Å². The lowest BCUT2D eigenvalue weighted by atomic mass is 9.87. The van der Waals surface area contributed by atoms with Crippen LogP contribution >= 0.6 is 23.1 Å². The largest absolute Gasteiger partial charge is 0.349 e. The van der Waals surface area contributed by atoms with E-state index >= 15 is 0 Å². The Labute approximate surface area is 182 Å². The Morgan fingerprint density at radius 2 is 2.20 bits per heavy atom. The van der Waals surface area contributed by atoms with Crippen molar-refractivity contribution in [3.63, 3.8) is 0 Å². The van der Waals surface area contributed by atoms with Crippen molar-refractivity contribution >= 4 is 61.6 Å². The van der Waals surface area contributed by atoms with Gasteiger partial charge in [0.05, 0.1) is 22.8 Å². The molecule has 0 radical (unpaired) electrons. The number of aromatic nitrogens is 4. The summed E-state index contributed by atoms with van der Waals surface area (Å²) in [6.07, 6.45) is 8.02. The second-order valence-electron chi connectivity index (χ2n) is 7.71. The molecule has 30 heavy (non-hydrogen) atoms. The number of thiophene rings is 1. The van der Waals surface area contributed by atoms with Gasteiger partial charge in [0.1, 0.15) is 17.0 Å². The number of nitrogens with one attached hydrogen (secondary N) is 2. The fourth-order valence-corrected chi connectivity index (χ4v) is 5.98. The zero-order chi connectivity index (χ0) is 20.8. The van der Waals surface area contributed by atoms with Crippen molar-refractivity contribution in [1.29, 1.82) is 0 Å². The number of carbonyl (C=O) groups excluding carboxylic acids is 1. The summed E-state index contributed by atoms with van der Waals surface area (Å²) in [6.45, 7) is 0. The molecule has 1 aromatic carbocycles. The van der Waals surface area contributed by atoms with E-state index < -0.39 is 0 Å². The molecule has 0 fully saturated rings. The van der Waals surface area contributed by atoms with E-state index in [0.29, 0.717) is 0 Å². The van der Waals surface area contributed by atoms with Crippen molar-refractivity contribution < 1.29 is 4.79 Å². The molecule has 9 heteroatoms. The average molecular weight is 439 g/mol. The van der Waals surface area contributed by atoms with Crippen molar-refractivity contribution in [3.05, 3.63) is 35.1 Å². The number of rotatable bonds is 4. The molecule has 1 amide bonds. The molecule has 0 spiro atoms. The summed E-state index contributed by atoms with van der Waals surface area (Å²) in [5.41, 5.74) is 3.31. The first kappa shape index (κ1) is 19.3. The van der Waals surface area contributed by atoms with Crippen molar-refractivity contribution in [1.82, 2.24) is 25.1 Å². The number of anilines is 2. The van der Waals surface area contributed by atoms with Gasteiger partial charge in [-0.3, -0.25) is 9.89 Å². The lowest BCUT2D eigenvalue weighted by Gasteiger charge is -2.24. The number of hydrogen-bond donors (Lipinski definition) is 2. The predicted octanol–water partition coefficient (Wildman–Crippen LogP) is 4.23. The second kappa shape index (κ2) is 7.55. The summed E-state index contributed by atoms with van der Waals surface area (Å²) in [5.74, 6) is 1.09. The van der Waals surface area contributed by atoms with E-state index in [1.54, 1.807) is 34.3 Å². The smallest absolute Gasteiger partial charge is 0.225 e. The number of benzene rings is 1. The maximum Gasteiger partial charge on any atom is 0.225 e. The van der Waals surface area contributed by atoms with E-state index in [9.17, 15) is 4.79 Å². The Morgan fingerprint density at radius 1 is 1.33 bits per heavy atom. The minimum absolute atomic E-state index is 0.0523. The Hall–Kier alpha value is -2.65. The molecule has 5 rings (SSSR count). The number of carbonyl (C=O) groups is 1. The number of nitrogens with zero attached hydrogens (tertiary/aromatic N) is 4. The van der Waals surface area contributed by atoms with Gasteiger partial charge in [0.25, 0.3) is 0 Å². The molecule has 0 saturated heterocycles. The Kier molecular flexibility index (Phi) is 4.86. The standard InChI is InChI=1S/C21H22N6OS2/c1-27(2)21(28)11-4-5-13-16(7-11)30-20-18(13)19(22-10-23-20)25-15-6-12-9-24-26-14(12)8-17(15)29-3/h6,8-11H,4-5,7H2,1-3H3,(H,24,26)(H,22,23,25). The van der Waals surface area contributed by atoms with Gasteiger partial charge in [-0.1, -0.05) is 0 Å². The number of hydrogen-bond acceptors (Lipinski definition) is 7. The van der Waals surface area contributed by atoms with Gasteiger partial charge in [0.15, 0.2) is 0 Å². The third kappa shape index (κ3) is 3.22. The van der Waals surface area contributed by atoms with E-state index in [1.165, 1.54) is 10.4 Å². The zero-order valence-corrected chi connectivity index (χ0v) is 18.7. The van der Waals surface area contributed by atoms with Crippen LogP contribution in [0.4, 0.5) is 11.5 Å². The molecular weight excluding hydrogens is 416 g/mol. The molecule has 0 saturated carbocycles. The van der Waals surface area contributed by atoms with Crippen molar-refractivity contribution in [2.24, 2.45) is 5.92 Å². The van der Waals surface area contributed by atoms with Gasteiger partial charge < -0.3 is 10.2 Å². The number of thioether (sulfide) groups is 1. The maximum atomic E-state index is 12.5. The zero-order valence-electron chi connectivity index (χ0n) is 17.0. The first-order chi connectivity index (χ1) is 14.5. The predicted molar refractivity (Wildman–Crippen MR) is 123 cm³/mol. The highest BCUT2D eigenvalue weighted by atomic mass is 32.2. The van der Waals surface area contributed by atoms with E-state index in [2.05, 4.69) is 43.9 Å². The normalized spacial score (nSPS) is 16.0. The monoisotopic (exact) mass is 438 g/mol. The molecular formula is C21H22N6OS2. The number of aromatic amines is 1. The number of amides is 1. The minimum atomic E-state index is 0.0523. The Balaban J connectivity index is 1.55. The van der Waals surface area contributed by atoms with E-state index in [4.69, 9.17) is 0 Å². The van der Waals surface area contributed by atoms with Crippen LogP contribution in [-0.2, 0) is 17.6 Å². The molecule has 1 atom stereocenters. The molecule has 1 aliphatic carbocycles. The fraction of sp³-hybridized carbons (Fsp3) is 0.333. The van der Waals surface area contributed by atoms with Gasteiger partial charge in [0.2, 0.25) is 5.91 Å². The average Bonchev–Trinajstić information content (AvgIpc) is 3.35. The summed E-state index contributed by atoms with van der Waals surface area (Å²) >= 11 is 3.37. The van der Waals surface area contributed by atoms with Crippen LogP contribution in [0.5, 0.6) is 0 Å². The lowest BCUT2D eigenvalue weighted by Crippen LogP contribution is -2.32. The summed E-state index contributed by atoms with van der Waals surface area (Å²) in [6, 6.07) is 4.21. The highest BCUT2D eigenvalue weighted by Crippen LogP contribution is 2.41. The lowest BCUT2D eigenvalue weighted by molar-refractivity contribution is -0.133. The highest BCUT2D eigenvalue weighted by Gasteiger charge is 2.30. The first-order valence-electron chi connectivity index (χ1n) is 9.79. The van der Waals surface area contributed by atoms with Crippen molar-refractivity contribution in [3.8, 4) is 0 Å². The Bertz CT molecular complexity index is 1260. The number of fused-ring (bicyclic) bond motifs is 4. The van der Waals surface area contributed by atoms with Gasteiger partial charge in [-0.2, -0.15) is 5.10 Å².